The van der Waals surface area contributed by atoms with Crippen molar-refractivity contribution in [1.82, 2.24) is 4.98 Å². The zero-order valence-corrected chi connectivity index (χ0v) is 13.9. The van der Waals surface area contributed by atoms with Gasteiger partial charge in [-0.05, 0) is 19.4 Å². The Hall–Kier alpha value is -1.64. The van der Waals surface area contributed by atoms with E-state index in [0.717, 1.165) is 40.2 Å². The van der Waals surface area contributed by atoms with E-state index in [9.17, 15) is 8.42 Å². The number of nitrogens with two attached hydrogens (primary N) is 1. The smallest absolute Gasteiger partial charge is 0.249 e. The van der Waals surface area contributed by atoms with E-state index in [1.54, 1.807) is 0 Å². The number of hydrogen-bond acceptors (Lipinski definition) is 6. The maximum absolute atomic E-state index is 11.3. The summed E-state index contributed by atoms with van der Waals surface area (Å²) in [4.78, 5) is 4.10. The molecule has 1 aliphatic rings. The fourth-order valence-electron chi connectivity index (χ4n) is 2.63. The lowest BCUT2D eigenvalue weighted by molar-refractivity contribution is 0.272. The van der Waals surface area contributed by atoms with Crippen LogP contribution in [-0.2, 0) is 10.0 Å². The Kier molecular flexibility index (Phi) is 3.84. The number of nitrogens with one attached hydrogen (secondary N) is 1. The van der Waals surface area contributed by atoms with Crippen molar-refractivity contribution in [2.24, 2.45) is 5.14 Å². The number of benzene rings is 1. The number of hydrogen-bond donors (Lipinski definition) is 2. The van der Waals surface area contributed by atoms with Crippen molar-refractivity contribution in [3.05, 3.63) is 35.0 Å². The quantitative estimate of drug-likeness (QED) is 0.895. The Balaban J connectivity index is 1.91. The molecule has 0 saturated carbocycles. The molecule has 1 aliphatic heterocycles. The van der Waals surface area contributed by atoms with Crippen LogP contribution in [0.4, 0.5) is 5.13 Å². The summed E-state index contributed by atoms with van der Waals surface area (Å²) in [5.74, 6) is 0.901. The molecule has 2 heterocycles. The molecule has 0 aliphatic carbocycles. The number of primary sulfonamides is 1. The minimum atomic E-state index is -3.71. The van der Waals surface area contributed by atoms with E-state index in [4.69, 9.17) is 9.88 Å². The molecule has 8 heteroatoms. The fraction of sp³-hybridized carbons (Fsp3) is 0.357. The van der Waals surface area contributed by atoms with Gasteiger partial charge in [-0.1, -0.05) is 29.0 Å². The highest BCUT2D eigenvalue weighted by molar-refractivity contribution is 7.91. The summed E-state index contributed by atoms with van der Waals surface area (Å²) in [5.41, 5.74) is 3.35. The molecule has 0 fully saturated rings. The van der Waals surface area contributed by atoms with Crippen LogP contribution in [0.25, 0.3) is 0 Å². The van der Waals surface area contributed by atoms with Gasteiger partial charge in [-0.2, -0.15) is 0 Å². The number of fused-ring (bicyclic) bond motifs is 1. The van der Waals surface area contributed by atoms with Crippen molar-refractivity contribution < 1.29 is 13.2 Å². The number of anilines is 1. The van der Waals surface area contributed by atoms with Crippen LogP contribution in [0.5, 0.6) is 5.75 Å². The summed E-state index contributed by atoms with van der Waals surface area (Å²) in [6, 6.07) is 4.22. The van der Waals surface area contributed by atoms with Gasteiger partial charge < -0.3 is 10.1 Å². The average Bonchev–Trinajstić information content (AvgIpc) is 2.88. The molecule has 3 rings (SSSR count). The van der Waals surface area contributed by atoms with Gasteiger partial charge in [0.05, 0.1) is 18.8 Å². The number of sulfonamides is 1. The zero-order valence-electron chi connectivity index (χ0n) is 12.3. The van der Waals surface area contributed by atoms with Crippen molar-refractivity contribution in [2.75, 3.05) is 11.9 Å². The fourth-order valence-corrected chi connectivity index (χ4v) is 4.14. The van der Waals surface area contributed by atoms with Crippen LogP contribution in [0.15, 0.2) is 22.5 Å². The number of rotatable bonds is 3. The molecule has 6 nitrogen and oxygen atoms in total. The van der Waals surface area contributed by atoms with Gasteiger partial charge in [0.15, 0.2) is 9.34 Å². The standard InChI is InChI=1S/C14H17N3O3S2/c1-8-5-9(2)13-10(6-8)11(3-4-20-13)17-14-16-7-12(21-14)22(15,18)19/h5-7,11H,3-4H2,1-2H3,(H,16,17)(H2,15,18,19). The number of aryl methyl sites for hydroxylation is 2. The Morgan fingerprint density at radius 1 is 1.41 bits per heavy atom. The molecular formula is C14H17N3O3S2. The first-order chi connectivity index (χ1) is 10.3. The Labute approximate surface area is 133 Å². The van der Waals surface area contributed by atoms with E-state index < -0.39 is 10.0 Å². The van der Waals surface area contributed by atoms with Gasteiger partial charge in [0, 0.05) is 12.0 Å². The van der Waals surface area contributed by atoms with E-state index in [2.05, 4.69) is 22.4 Å². The minimum absolute atomic E-state index is 0.0434. The Bertz CT molecular complexity index is 815. The summed E-state index contributed by atoms with van der Waals surface area (Å²) in [5, 5.41) is 8.95. The van der Waals surface area contributed by atoms with Crippen LogP contribution < -0.4 is 15.2 Å². The molecule has 1 aromatic carbocycles. The van der Waals surface area contributed by atoms with Crippen molar-refractivity contribution in [3.8, 4) is 5.75 Å². The highest BCUT2D eigenvalue weighted by Crippen LogP contribution is 2.38. The lowest BCUT2D eigenvalue weighted by Gasteiger charge is -2.28. The first-order valence-corrected chi connectivity index (χ1v) is 9.20. The third-order valence-electron chi connectivity index (χ3n) is 3.54. The molecule has 3 N–H and O–H groups in total. The lowest BCUT2D eigenvalue weighted by Crippen LogP contribution is -2.21. The van der Waals surface area contributed by atoms with Gasteiger partial charge in [-0.25, -0.2) is 18.5 Å². The van der Waals surface area contributed by atoms with Crippen molar-refractivity contribution >= 4 is 26.5 Å². The molecular weight excluding hydrogens is 322 g/mol. The lowest BCUT2D eigenvalue weighted by atomic mass is 9.96. The maximum atomic E-state index is 11.3. The van der Waals surface area contributed by atoms with Gasteiger partial charge in [0.1, 0.15) is 5.75 Å². The second-order valence-corrected chi connectivity index (χ2v) is 8.18. The third-order valence-corrected chi connectivity index (χ3v) is 5.88. The molecule has 22 heavy (non-hydrogen) atoms. The van der Waals surface area contributed by atoms with E-state index in [-0.39, 0.29) is 10.3 Å². The molecule has 0 saturated heterocycles. The first-order valence-electron chi connectivity index (χ1n) is 6.83. The number of ether oxygens (including phenoxy) is 1. The molecule has 1 aromatic heterocycles. The van der Waals surface area contributed by atoms with Gasteiger partial charge in [-0.3, -0.25) is 0 Å². The predicted molar refractivity (Wildman–Crippen MR) is 85.9 cm³/mol. The predicted octanol–water partition coefficient (Wildman–Crippen LogP) is 2.34. The van der Waals surface area contributed by atoms with Crippen LogP contribution in [0.1, 0.15) is 29.2 Å². The Morgan fingerprint density at radius 3 is 2.86 bits per heavy atom. The molecule has 118 valence electrons. The highest BCUT2D eigenvalue weighted by atomic mass is 32.2. The summed E-state index contributed by atoms with van der Waals surface area (Å²) in [6.07, 6.45) is 2.07. The molecule has 2 aromatic rings. The van der Waals surface area contributed by atoms with Gasteiger partial charge in [0.25, 0.3) is 0 Å². The molecule has 0 spiro atoms. The second kappa shape index (κ2) is 5.53. The van der Waals surface area contributed by atoms with Crippen LogP contribution in [0.2, 0.25) is 0 Å². The van der Waals surface area contributed by atoms with Crippen LogP contribution >= 0.6 is 11.3 Å². The molecule has 0 radical (unpaired) electrons. The zero-order chi connectivity index (χ0) is 15.9. The van der Waals surface area contributed by atoms with Crippen LogP contribution in [0, 0.1) is 13.8 Å². The molecule has 0 bridgehead atoms. The van der Waals surface area contributed by atoms with Crippen molar-refractivity contribution in [1.29, 1.82) is 0 Å². The highest BCUT2D eigenvalue weighted by Gasteiger charge is 2.24. The Morgan fingerprint density at radius 2 is 2.18 bits per heavy atom. The SMILES string of the molecule is Cc1cc(C)c2c(c1)C(Nc1ncc(S(N)(=O)=O)s1)CCO2. The van der Waals surface area contributed by atoms with Gasteiger partial charge in [-0.15, -0.1) is 0 Å². The van der Waals surface area contributed by atoms with Gasteiger partial charge in [0.2, 0.25) is 10.0 Å². The monoisotopic (exact) mass is 339 g/mol. The molecule has 0 amide bonds. The van der Waals surface area contributed by atoms with Gasteiger partial charge >= 0.3 is 0 Å². The number of nitrogens with zero attached hydrogens (tertiary/aromatic N) is 1. The van der Waals surface area contributed by atoms with E-state index in [0.29, 0.717) is 11.7 Å². The molecule has 1 unspecified atom stereocenters. The second-order valence-electron chi connectivity index (χ2n) is 5.36. The minimum Gasteiger partial charge on any atom is -0.493 e. The van der Waals surface area contributed by atoms with E-state index >= 15 is 0 Å². The maximum Gasteiger partial charge on any atom is 0.249 e. The largest absolute Gasteiger partial charge is 0.493 e. The average molecular weight is 339 g/mol. The van der Waals surface area contributed by atoms with Crippen molar-refractivity contribution in [3.63, 3.8) is 0 Å². The van der Waals surface area contributed by atoms with E-state index in [1.807, 2.05) is 13.8 Å². The number of aromatic nitrogens is 1. The first kappa shape index (κ1) is 15.3. The van der Waals surface area contributed by atoms with Crippen LogP contribution in [0.3, 0.4) is 0 Å². The summed E-state index contributed by atoms with van der Waals surface area (Å²) < 4.78 is 28.5. The summed E-state index contributed by atoms with van der Waals surface area (Å²) in [7, 11) is -3.71. The van der Waals surface area contributed by atoms with Crippen LogP contribution in [-0.4, -0.2) is 20.0 Å². The topological polar surface area (TPSA) is 94.3 Å². The summed E-state index contributed by atoms with van der Waals surface area (Å²) >= 11 is 1.04. The van der Waals surface area contributed by atoms with Crippen molar-refractivity contribution in [2.45, 2.75) is 30.5 Å². The number of thiazole rings is 1. The summed E-state index contributed by atoms with van der Waals surface area (Å²) in [6.45, 7) is 4.68. The third kappa shape index (κ3) is 2.94. The molecule has 1 atom stereocenters. The van der Waals surface area contributed by atoms with E-state index in [1.165, 1.54) is 6.20 Å². The normalized spacial score (nSPS) is 17.7.